The van der Waals surface area contributed by atoms with Crippen molar-refractivity contribution in [3.8, 4) is 0 Å². The number of primary amides is 2. The SMILES string of the molecule is NC(=O)Nc1cc(I)sc1C(N)=O. The van der Waals surface area contributed by atoms with Crippen molar-refractivity contribution in [2.75, 3.05) is 5.32 Å². The Hall–Kier alpha value is -0.830. The maximum absolute atomic E-state index is 10.9. The summed E-state index contributed by atoms with van der Waals surface area (Å²) in [4.78, 5) is 21.7. The highest BCUT2D eigenvalue weighted by atomic mass is 127. The van der Waals surface area contributed by atoms with E-state index in [0.717, 1.165) is 2.88 Å². The Kier molecular flexibility index (Phi) is 3.09. The molecule has 0 aromatic carbocycles. The Labute approximate surface area is 91.6 Å². The highest BCUT2D eigenvalue weighted by molar-refractivity contribution is 14.1. The molecule has 0 fully saturated rings. The summed E-state index contributed by atoms with van der Waals surface area (Å²) in [5.41, 5.74) is 10.4. The Morgan fingerprint density at radius 2 is 2.08 bits per heavy atom. The summed E-state index contributed by atoms with van der Waals surface area (Å²) in [6.07, 6.45) is 0. The zero-order valence-corrected chi connectivity index (χ0v) is 9.31. The van der Waals surface area contributed by atoms with Crippen molar-refractivity contribution in [3.05, 3.63) is 13.8 Å². The van der Waals surface area contributed by atoms with Gasteiger partial charge < -0.3 is 16.8 Å². The van der Waals surface area contributed by atoms with Crippen LogP contribution in [0.4, 0.5) is 10.5 Å². The van der Waals surface area contributed by atoms with Crippen LogP contribution < -0.4 is 16.8 Å². The molecule has 0 saturated carbocycles. The van der Waals surface area contributed by atoms with Gasteiger partial charge in [-0.2, -0.15) is 0 Å². The van der Waals surface area contributed by atoms with E-state index in [1.165, 1.54) is 11.3 Å². The average Bonchev–Trinajstić information content (AvgIpc) is 2.29. The molecule has 1 aromatic rings. The van der Waals surface area contributed by atoms with Crippen LogP contribution in [0.25, 0.3) is 0 Å². The summed E-state index contributed by atoms with van der Waals surface area (Å²) >= 11 is 3.23. The number of carbonyl (C=O) groups is 2. The van der Waals surface area contributed by atoms with Crippen LogP contribution in [0.1, 0.15) is 9.67 Å². The van der Waals surface area contributed by atoms with E-state index in [1.807, 2.05) is 22.6 Å². The van der Waals surface area contributed by atoms with Crippen molar-refractivity contribution in [2.24, 2.45) is 11.5 Å². The molecule has 0 aliphatic heterocycles. The molecular weight excluding hydrogens is 305 g/mol. The van der Waals surface area contributed by atoms with Crippen molar-refractivity contribution in [1.82, 2.24) is 0 Å². The lowest BCUT2D eigenvalue weighted by molar-refractivity contribution is 0.100. The monoisotopic (exact) mass is 311 g/mol. The fourth-order valence-corrected chi connectivity index (χ4v) is 2.43. The second-order valence-corrected chi connectivity index (χ2v) is 5.09. The molecule has 70 valence electrons. The zero-order valence-electron chi connectivity index (χ0n) is 6.33. The first kappa shape index (κ1) is 10.3. The number of nitrogens with one attached hydrogen (secondary N) is 1. The predicted molar refractivity (Wildman–Crippen MR) is 58.8 cm³/mol. The topological polar surface area (TPSA) is 98.2 Å². The van der Waals surface area contributed by atoms with Gasteiger partial charge in [0, 0.05) is 0 Å². The largest absolute Gasteiger partial charge is 0.365 e. The summed E-state index contributed by atoms with van der Waals surface area (Å²) in [7, 11) is 0. The number of halogens is 1. The Morgan fingerprint density at radius 1 is 1.46 bits per heavy atom. The number of rotatable bonds is 2. The molecule has 1 aromatic heterocycles. The number of anilines is 1. The summed E-state index contributed by atoms with van der Waals surface area (Å²) in [5.74, 6) is -0.573. The van der Waals surface area contributed by atoms with Crippen molar-refractivity contribution < 1.29 is 9.59 Å². The van der Waals surface area contributed by atoms with Gasteiger partial charge in [-0.05, 0) is 28.7 Å². The zero-order chi connectivity index (χ0) is 10.0. The molecule has 3 amide bonds. The first-order chi connectivity index (χ1) is 6.00. The van der Waals surface area contributed by atoms with Gasteiger partial charge in [0.2, 0.25) is 0 Å². The predicted octanol–water partition coefficient (Wildman–Crippen LogP) is 0.942. The number of hydrogen-bond acceptors (Lipinski definition) is 3. The van der Waals surface area contributed by atoms with Crippen LogP contribution in [0.15, 0.2) is 6.07 Å². The van der Waals surface area contributed by atoms with Gasteiger partial charge in [-0.1, -0.05) is 0 Å². The van der Waals surface area contributed by atoms with Gasteiger partial charge in [0.05, 0.1) is 8.57 Å². The molecule has 0 aliphatic carbocycles. The molecule has 0 atom stereocenters. The standard InChI is InChI=1S/C6H6IN3O2S/c7-3-1-2(10-6(9)12)4(13-3)5(8)11/h1H,(H2,8,11)(H3,9,10,12). The molecule has 0 spiro atoms. The summed E-state index contributed by atoms with van der Waals surface area (Å²) < 4.78 is 0.857. The number of urea groups is 1. The molecule has 0 bridgehead atoms. The minimum Gasteiger partial charge on any atom is -0.365 e. The molecule has 1 heterocycles. The average molecular weight is 311 g/mol. The van der Waals surface area contributed by atoms with Crippen LogP contribution in [0.3, 0.4) is 0 Å². The van der Waals surface area contributed by atoms with Crippen LogP contribution >= 0.6 is 33.9 Å². The quantitative estimate of drug-likeness (QED) is 0.708. The van der Waals surface area contributed by atoms with Crippen LogP contribution in [-0.2, 0) is 0 Å². The van der Waals surface area contributed by atoms with Crippen molar-refractivity contribution in [3.63, 3.8) is 0 Å². The van der Waals surface area contributed by atoms with Crippen molar-refractivity contribution in [1.29, 1.82) is 0 Å². The van der Waals surface area contributed by atoms with Crippen LogP contribution in [-0.4, -0.2) is 11.9 Å². The third kappa shape index (κ3) is 2.56. The van der Waals surface area contributed by atoms with E-state index >= 15 is 0 Å². The first-order valence-electron chi connectivity index (χ1n) is 3.16. The lowest BCUT2D eigenvalue weighted by Crippen LogP contribution is -2.21. The molecule has 0 saturated heterocycles. The number of carbonyl (C=O) groups excluding carboxylic acids is 2. The first-order valence-corrected chi connectivity index (χ1v) is 5.06. The maximum Gasteiger partial charge on any atom is 0.316 e. The molecule has 1 rings (SSSR count). The molecule has 5 N–H and O–H groups in total. The second-order valence-electron chi connectivity index (χ2n) is 2.15. The van der Waals surface area contributed by atoms with E-state index in [-0.39, 0.29) is 0 Å². The number of nitrogens with two attached hydrogens (primary N) is 2. The lowest BCUT2D eigenvalue weighted by atomic mass is 10.4. The minimum atomic E-state index is -0.711. The molecule has 0 unspecified atom stereocenters. The Bertz CT molecular complexity index is 363. The van der Waals surface area contributed by atoms with Gasteiger partial charge in [-0.15, -0.1) is 11.3 Å². The lowest BCUT2D eigenvalue weighted by Gasteiger charge is -1.98. The third-order valence-corrected chi connectivity index (χ3v) is 3.09. The second kappa shape index (κ2) is 3.92. The smallest absolute Gasteiger partial charge is 0.316 e. The molecule has 0 aliphatic rings. The minimum absolute atomic E-state index is 0.309. The number of hydrogen-bond donors (Lipinski definition) is 3. The van der Waals surface area contributed by atoms with Crippen molar-refractivity contribution >= 4 is 51.6 Å². The fraction of sp³-hybridized carbons (Fsp3) is 0. The fourth-order valence-electron chi connectivity index (χ4n) is 0.770. The molecule has 7 heteroatoms. The van der Waals surface area contributed by atoms with E-state index < -0.39 is 11.9 Å². The van der Waals surface area contributed by atoms with E-state index in [4.69, 9.17) is 11.5 Å². The van der Waals surface area contributed by atoms with Gasteiger partial charge in [-0.25, -0.2) is 4.79 Å². The normalized spacial score (nSPS) is 9.62. The molecule has 0 radical (unpaired) electrons. The highest BCUT2D eigenvalue weighted by Crippen LogP contribution is 2.27. The molecular formula is C6H6IN3O2S. The van der Waals surface area contributed by atoms with E-state index in [1.54, 1.807) is 6.07 Å². The summed E-state index contributed by atoms with van der Waals surface area (Å²) in [6.45, 7) is 0. The van der Waals surface area contributed by atoms with Gasteiger partial charge in [0.15, 0.2) is 0 Å². The van der Waals surface area contributed by atoms with Crippen LogP contribution in [0.5, 0.6) is 0 Å². The Morgan fingerprint density at radius 3 is 2.54 bits per heavy atom. The molecule has 5 nitrogen and oxygen atoms in total. The summed E-state index contributed by atoms with van der Waals surface area (Å²) in [6, 6.07) is 0.924. The van der Waals surface area contributed by atoms with E-state index in [0.29, 0.717) is 10.6 Å². The van der Waals surface area contributed by atoms with Gasteiger partial charge in [0.25, 0.3) is 5.91 Å². The Balaban J connectivity index is 3.04. The van der Waals surface area contributed by atoms with Gasteiger partial charge in [0.1, 0.15) is 4.88 Å². The number of thiophene rings is 1. The van der Waals surface area contributed by atoms with Crippen LogP contribution in [0.2, 0.25) is 0 Å². The summed E-state index contributed by atoms with van der Waals surface area (Å²) in [5, 5.41) is 2.32. The van der Waals surface area contributed by atoms with Gasteiger partial charge >= 0.3 is 6.03 Å². The van der Waals surface area contributed by atoms with E-state index in [2.05, 4.69) is 5.32 Å². The maximum atomic E-state index is 10.9. The number of amides is 3. The van der Waals surface area contributed by atoms with E-state index in [9.17, 15) is 9.59 Å². The van der Waals surface area contributed by atoms with Crippen LogP contribution in [0, 0.1) is 2.88 Å². The third-order valence-electron chi connectivity index (χ3n) is 1.18. The highest BCUT2D eigenvalue weighted by Gasteiger charge is 2.13. The van der Waals surface area contributed by atoms with Crippen molar-refractivity contribution in [2.45, 2.75) is 0 Å². The van der Waals surface area contributed by atoms with Gasteiger partial charge in [-0.3, -0.25) is 4.79 Å². The molecule has 13 heavy (non-hydrogen) atoms.